The summed E-state index contributed by atoms with van der Waals surface area (Å²) >= 11 is 12.2. The molecule has 3 aromatic rings. The van der Waals surface area contributed by atoms with Gasteiger partial charge in [-0.25, -0.2) is 4.98 Å². The molecule has 0 N–H and O–H groups in total. The van der Waals surface area contributed by atoms with Crippen molar-refractivity contribution in [3.05, 3.63) is 47.0 Å². The van der Waals surface area contributed by atoms with Crippen molar-refractivity contribution in [3.63, 3.8) is 0 Å². The molecule has 0 fully saturated rings. The lowest BCUT2D eigenvalue weighted by molar-refractivity contribution is -0.120. The minimum atomic E-state index is -0.542. The van der Waals surface area contributed by atoms with Crippen LogP contribution in [-0.2, 0) is 9.63 Å². The first kappa shape index (κ1) is 17.7. The first-order valence-corrected chi connectivity index (χ1v) is 8.28. The van der Waals surface area contributed by atoms with Crippen LogP contribution in [0.25, 0.3) is 16.7 Å². The minimum Gasteiger partial charge on any atom is -0.298 e. The molecule has 8 heteroatoms. The topological polar surface area (TPSA) is 60.2 Å². The summed E-state index contributed by atoms with van der Waals surface area (Å²) in [7, 11) is 0. The number of hydrogen-bond donors (Lipinski definition) is 0. The molecule has 1 amide bonds. The zero-order valence-corrected chi connectivity index (χ0v) is 15.4. The number of halogens is 2. The molecule has 3 rings (SSSR count). The lowest BCUT2D eigenvalue weighted by atomic mass is 10.2. The van der Waals surface area contributed by atoms with E-state index in [0.717, 1.165) is 10.9 Å². The van der Waals surface area contributed by atoms with Gasteiger partial charge in [0.2, 0.25) is 11.7 Å². The van der Waals surface area contributed by atoms with Crippen molar-refractivity contribution in [3.8, 4) is 5.82 Å². The Morgan fingerprint density at radius 2 is 1.96 bits per heavy atom. The Morgan fingerprint density at radius 3 is 2.64 bits per heavy atom. The summed E-state index contributed by atoms with van der Waals surface area (Å²) in [6.45, 7) is 5.59. The average molecular weight is 379 g/mol. The third kappa shape index (κ3) is 3.61. The molecule has 1 aromatic carbocycles. The van der Waals surface area contributed by atoms with Gasteiger partial charge in [0, 0.05) is 11.6 Å². The second-order valence-electron chi connectivity index (χ2n) is 6.35. The molecule has 0 aliphatic rings. The maximum absolute atomic E-state index is 11.6. The summed E-state index contributed by atoms with van der Waals surface area (Å²) in [4.78, 5) is 25.4. The number of aromatic nitrogens is 3. The molecule has 0 aliphatic heterocycles. The van der Waals surface area contributed by atoms with Crippen molar-refractivity contribution in [2.24, 2.45) is 0 Å². The molecule has 2 heterocycles. The molecule has 25 heavy (non-hydrogen) atoms. The summed E-state index contributed by atoms with van der Waals surface area (Å²) in [6.07, 6.45) is 3.80. The second kappa shape index (κ2) is 6.63. The van der Waals surface area contributed by atoms with E-state index >= 15 is 0 Å². The van der Waals surface area contributed by atoms with Crippen LogP contribution in [0.2, 0.25) is 10.3 Å². The number of benzene rings is 1. The molecule has 0 spiro atoms. The van der Waals surface area contributed by atoms with Gasteiger partial charge in [0.25, 0.3) is 0 Å². The van der Waals surface area contributed by atoms with Crippen molar-refractivity contribution in [1.82, 2.24) is 14.5 Å². The van der Waals surface area contributed by atoms with Crippen LogP contribution in [0, 0.1) is 0 Å². The number of amides is 1. The monoisotopic (exact) mass is 378 g/mol. The number of fused-ring (bicyclic) bond motifs is 1. The number of para-hydroxylation sites is 1. The van der Waals surface area contributed by atoms with Crippen LogP contribution < -0.4 is 5.06 Å². The van der Waals surface area contributed by atoms with E-state index in [0.29, 0.717) is 22.9 Å². The smallest absolute Gasteiger partial charge is 0.238 e. The van der Waals surface area contributed by atoms with E-state index < -0.39 is 5.60 Å². The molecule has 2 aromatic heterocycles. The van der Waals surface area contributed by atoms with E-state index in [1.165, 1.54) is 11.3 Å². The van der Waals surface area contributed by atoms with Gasteiger partial charge in [0.05, 0.1) is 23.0 Å². The summed E-state index contributed by atoms with van der Waals surface area (Å²) in [6, 6.07) is 7.55. The summed E-state index contributed by atoms with van der Waals surface area (Å²) in [5.74, 6) is 0.422. The van der Waals surface area contributed by atoms with E-state index in [4.69, 9.17) is 28.0 Å². The molecule has 0 saturated heterocycles. The summed E-state index contributed by atoms with van der Waals surface area (Å²) in [5, 5.41) is 2.43. The molecule has 0 saturated carbocycles. The molecule has 0 unspecified atom stereocenters. The van der Waals surface area contributed by atoms with Gasteiger partial charge < -0.3 is 0 Å². The first-order chi connectivity index (χ1) is 11.8. The maximum Gasteiger partial charge on any atom is 0.238 e. The molecule has 0 atom stereocenters. The van der Waals surface area contributed by atoms with Crippen LogP contribution in [0.5, 0.6) is 0 Å². The first-order valence-electron chi connectivity index (χ1n) is 7.52. The average Bonchev–Trinajstić information content (AvgIpc) is 2.93. The van der Waals surface area contributed by atoms with Crippen LogP contribution in [0.15, 0.2) is 36.7 Å². The fourth-order valence-electron chi connectivity index (χ4n) is 2.44. The van der Waals surface area contributed by atoms with Crippen LogP contribution in [-0.4, -0.2) is 26.5 Å². The second-order valence-corrected chi connectivity index (χ2v) is 7.09. The lowest BCUT2D eigenvalue weighted by Crippen LogP contribution is -2.32. The number of rotatable bonds is 4. The number of anilines is 1. The highest BCUT2D eigenvalue weighted by molar-refractivity contribution is 6.33. The molecule has 130 valence electrons. The van der Waals surface area contributed by atoms with E-state index in [1.54, 1.807) is 10.8 Å². The van der Waals surface area contributed by atoms with Gasteiger partial charge in [0.1, 0.15) is 5.02 Å². The maximum atomic E-state index is 11.6. The van der Waals surface area contributed by atoms with E-state index in [1.807, 2.05) is 45.0 Å². The van der Waals surface area contributed by atoms with E-state index in [-0.39, 0.29) is 5.28 Å². The van der Waals surface area contributed by atoms with Crippen molar-refractivity contribution >= 4 is 46.2 Å². The standard InChI is InChI=1S/C17H16Cl2N4O2/c1-17(2,3)25-23(10-24)14-9-22(13-7-5-4-6-11(13)14)15-12(18)8-20-16(19)21-15/h4-10H,1-3H3. The van der Waals surface area contributed by atoms with Crippen LogP contribution in [0.3, 0.4) is 0 Å². The molecule has 0 radical (unpaired) electrons. The normalized spacial score (nSPS) is 11.7. The lowest BCUT2D eigenvalue weighted by Gasteiger charge is -2.26. The fourth-order valence-corrected chi connectivity index (χ4v) is 2.75. The Balaban J connectivity index is 2.22. The van der Waals surface area contributed by atoms with Crippen LogP contribution in [0.4, 0.5) is 5.69 Å². The predicted molar refractivity (Wildman–Crippen MR) is 98.3 cm³/mol. The Labute approximate surface area is 154 Å². The highest BCUT2D eigenvalue weighted by Gasteiger charge is 2.22. The zero-order valence-electron chi connectivity index (χ0n) is 13.9. The Bertz CT molecular complexity index is 934. The van der Waals surface area contributed by atoms with Crippen molar-refractivity contribution in [1.29, 1.82) is 0 Å². The zero-order chi connectivity index (χ0) is 18.2. The van der Waals surface area contributed by atoms with Gasteiger partial charge in [-0.1, -0.05) is 29.8 Å². The van der Waals surface area contributed by atoms with Crippen LogP contribution in [0.1, 0.15) is 20.8 Å². The van der Waals surface area contributed by atoms with Crippen molar-refractivity contribution in [2.45, 2.75) is 26.4 Å². The van der Waals surface area contributed by atoms with Gasteiger partial charge in [0.15, 0.2) is 5.82 Å². The summed E-state index contributed by atoms with van der Waals surface area (Å²) < 4.78 is 1.75. The third-order valence-corrected chi connectivity index (χ3v) is 3.77. The summed E-state index contributed by atoms with van der Waals surface area (Å²) in [5.41, 5.74) is 0.838. The minimum absolute atomic E-state index is 0.0805. The fraction of sp³-hybridized carbons (Fsp3) is 0.235. The molecule has 0 aliphatic carbocycles. The van der Waals surface area contributed by atoms with Gasteiger partial charge in [-0.3, -0.25) is 14.2 Å². The van der Waals surface area contributed by atoms with Crippen molar-refractivity contribution < 1.29 is 9.63 Å². The van der Waals surface area contributed by atoms with Crippen molar-refractivity contribution in [2.75, 3.05) is 5.06 Å². The largest absolute Gasteiger partial charge is 0.298 e. The Morgan fingerprint density at radius 1 is 1.24 bits per heavy atom. The van der Waals surface area contributed by atoms with Crippen LogP contribution >= 0.6 is 23.2 Å². The Kier molecular flexibility index (Phi) is 4.69. The van der Waals surface area contributed by atoms with E-state index in [9.17, 15) is 4.79 Å². The Hall–Kier alpha value is -2.15. The number of carbonyl (C=O) groups is 1. The number of hydroxylamine groups is 1. The number of nitrogens with zero attached hydrogens (tertiary/aromatic N) is 4. The predicted octanol–water partition coefficient (Wildman–Crippen LogP) is 4.42. The van der Waals surface area contributed by atoms with Gasteiger partial charge in [-0.2, -0.15) is 10.0 Å². The van der Waals surface area contributed by atoms with E-state index in [2.05, 4.69) is 9.97 Å². The molecular formula is C17H16Cl2N4O2. The van der Waals surface area contributed by atoms with Gasteiger partial charge in [-0.15, -0.1) is 0 Å². The number of carbonyl (C=O) groups excluding carboxylic acids is 1. The van der Waals surface area contributed by atoms with Gasteiger partial charge in [-0.05, 0) is 38.4 Å². The highest BCUT2D eigenvalue weighted by atomic mass is 35.5. The highest BCUT2D eigenvalue weighted by Crippen LogP contribution is 2.33. The molecular weight excluding hydrogens is 363 g/mol. The van der Waals surface area contributed by atoms with Gasteiger partial charge >= 0.3 is 0 Å². The quantitative estimate of drug-likeness (QED) is 0.383. The third-order valence-electron chi connectivity index (χ3n) is 3.32. The molecule has 0 bridgehead atoms. The number of hydrogen-bond acceptors (Lipinski definition) is 4. The molecule has 6 nitrogen and oxygen atoms in total. The SMILES string of the molecule is CC(C)(C)ON(C=O)c1cn(-c2nc(Cl)ncc2Cl)c2ccccc12.